The fourth-order valence-electron chi connectivity index (χ4n) is 7.02. The summed E-state index contributed by atoms with van der Waals surface area (Å²) in [4.78, 5) is 0. The number of rotatable bonds is 34. The molecule has 100 heavy (non-hydrogen) atoms. The van der Waals surface area contributed by atoms with Gasteiger partial charge in [0.05, 0.1) is 37.8 Å². The third kappa shape index (κ3) is 58.3. The second-order valence-corrected chi connectivity index (χ2v) is 70.1. The molecular formula is C78H132F12Si10. The lowest BCUT2D eigenvalue weighted by Crippen LogP contribution is -2.48. The van der Waals surface area contributed by atoms with Gasteiger partial charge in [0, 0.05) is 12.1 Å². The highest BCUT2D eigenvalue weighted by Crippen LogP contribution is 2.50. The maximum absolute atomic E-state index is 12.3. The van der Waals surface area contributed by atoms with Crippen LogP contribution in [0.15, 0.2) is 272 Å². The van der Waals surface area contributed by atoms with Crippen LogP contribution >= 0.6 is 0 Å². The molecule has 2 atom stereocenters. The molecule has 0 bridgehead atoms. The molecule has 2 unspecified atom stereocenters. The standard InChI is InChI=1S/C10H20Si.C10H18Si.C8H10F6Si.C8H13F3Si.C8H12Si.C7H11F3Si.3C7H12Si.C6H12Si/c2*1-5-8-11(4,9-6-2)10-7-3;1-4-15(3,5-2)6(7(9,10)11)8(12,13)14;1-5-12(4,6-2)7(3)8(9,10)11;1-5-9(6-2,7-3)8-4;1-4-11(3,5-2)6-7(8,9)10;1-5-7-8(3,4)6-2;2*1-5-8(4,6-2)7-3;1-5-7(3,4)6-2/h5-6H,1-2,7-10H2,3-4H3;5-7H,1-3,8-10H2,4H3;4-6H,1-2H2,3H3;5-7H,1-2H2,3-4H3;5-8H,1-4H2;4-5H,1-2,6H2,3H3;1,6H,2,7H2,3-4H3;5-7H,1-3H2,4H3;1,6H,2,7H2,3-4H3;5-6H,1-2H2,3-4H3. The number of hydrogen-bond donors (Lipinski definition) is 0. The van der Waals surface area contributed by atoms with E-state index in [1.165, 1.54) is 72.4 Å². The van der Waals surface area contributed by atoms with E-state index in [4.69, 9.17) is 12.8 Å². The van der Waals surface area contributed by atoms with Gasteiger partial charge in [-0.2, -0.15) is 52.7 Å². The summed E-state index contributed by atoms with van der Waals surface area (Å²) < 4.78 is 146. The molecule has 0 saturated carbocycles. The summed E-state index contributed by atoms with van der Waals surface area (Å²) in [6, 6.07) is 8.67. The molecule has 0 rings (SSSR count). The summed E-state index contributed by atoms with van der Waals surface area (Å²) in [6.07, 6.45) is 3.07. The Hall–Kier alpha value is -5.27. The first-order valence-corrected chi connectivity index (χ1v) is 61.2. The van der Waals surface area contributed by atoms with Crippen molar-refractivity contribution in [1.29, 1.82) is 0 Å². The van der Waals surface area contributed by atoms with E-state index < -0.39 is 123 Å². The maximum Gasteiger partial charge on any atom is 0.398 e. The van der Waals surface area contributed by atoms with Crippen LogP contribution in [0.4, 0.5) is 52.7 Å². The fourth-order valence-corrected chi connectivity index (χ4v) is 20.7. The van der Waals surface area contributed by atoms with Gasteiger partial charge in [0.15, 0.2) is 8.07 Å². The second kappa shape index (κ2) is 57.2. The van der Waals surface area contributed by atoms with Crippen LogP contribution in [0.2, 0.25) is 137 Å². The number of terminal acetylenes is 2. The van der Waals surface area contributed by atoms with Crippen molar-refractivity contribution in [3.05, 3.63) is 272 Å². The van der Waals surface area contributed by atoms with Gasteiger partial charge in [0.1, 0.15) is 45.9 Å². The third-order valence-electron chi connectivity index (χ3n) is 16.4. The maximum atomic E-state index is 12.3. The average molecular weight is 1580 g/mol. The van der Waals surface area contributed by atoms with Gasteiger partial charge in [0.2, 0.25) is 0 Å². The molecule has 0 aliphatic rings. The van der Waals surface area contributed by atoms with Crippen LogP contribution in [0.25, 0.3) is 0 Å². The van der Waals surface area contributed by atoms with Gasteiger partial charge in [-0.25, -0.2) is 0 Å². The Kier molecular flexibility index (Phi) is 66.3. The highest BCUT2D eigenvalue weighted by Gasteiger charge is 2.63. The lowest BCUT2D eigenvalue weighted by atomic mass is 10.4. The van der Waals surface area contributed by atoms with Crippen LogP contribution in [0, 0.1) is 24.3 Å². The molecular weight excluding hydrogens is 1450 g/mol. The summed E-state index contributed by atoms with van der Waals surface area (Å²) >= 11 is 0. The highest BCUT2D eigenvalue weighted by molar-refractivity contribution is 6.97. The molecule has 0 aliphatic carbocycles. The molecule has 22 heteroatoms. The van der Waals surface area contributed by atoms with E-state index in [0.29, 0.717) is 0 Å². The molecule has 0 amide bonds. The van der Waals surface area contributed by atoms with E-state index in [9.17, 15) is 52.7 Å². The van der Waals surface area contributed by atoms with Gasteiger partial charge in [-0.15, -0.1) is 175 Å². The van der Waals surface area contributed by atoms with Crippen molar-refractivity contribution in [2.24, 2.45) is 0 Å². The summed E-state index contributed by atoms with van der Waals surface area (Å²) in [5.74, 6) is 2.65. The number of hydrogen-bond acceptors (Lipinski definition) is 0. The molecule has 0 aromatic rings. The number of allylic oxidation sites excluding steroid dienone is 5. The Morgan fingerprint density at radius 3 is 0.780 bits per heavy atom. The van der Waals surface area contributed by atoms with E-state index in [-0.39, 0.29) is 0 Å². The summed E-state index contributed by atoms with van der Waals surface area (Å²) in [5, 5.41) is 0. The normalized spacial score (nSPS) is 12.3. The monoisotopic (exact) mass is 1580 g/mol. The lowest BCUT2D eigenvalue weighted by molar-refractivity contribution is -0.232. The SMILES string of the molecule is C#CC[Si](C)(C)C=C.C#C[Si](C)(C=C)CC.C=CC[Si](C)(CC=C)CC=C.C=CC[Si](C)(CC=C)CCC.C=C[Si](C)(C)C=C.C=C[Si](C)(C=C)C(C(F)(F)F)C(F)(F)F.C=C[Si](C)(C=C)C(C)C(F)(F)F.C=C[Si](C)(C=C)C=C.C=C[Si](C)(C=C)CC(F)(F)F.C=C[Si](C=C)(C=C)C=C. The summed E-state index contributed by atoms with van der Waals surface area (Å²) in [6.45, 7) is 107. The topological polar surface area (TPSA) is 0 Å². The zero-order chi connectivity index (χ0) is 82.2. The van der Waals surface area contributed by atoms with E-state index in [1.807, 2.05) is 80.9 Å². The molecule has 0 aromatic carbocycles. The van der Waals surface area contributed by atoms with Crippen molar-refractivity contribution in [1.82, 2.24) is 0 Å². The fraction of sp³-hybridized carbons (Fsp3) is 0.385. The average Bonchev–Trinajstić information content (AvgIpc) is 0.779. The number of alkyl halides is 12. The Balaban J connectivity index is -0.000000113. The van der Waals surface area contributed by atoms with Gasteiger partial charge < -0.3 is 0 Å². The zero-order valence-electron chi connectivity index (χ0n) is 64.2. The Morgan fingerprint density at radius 1 is 0.380 bits per heavy atom. The summed E-state index contributed by atoms with van der Waals surface area (Å²) in [5.41, 5.74) is 26.7. The van der Waals surface area contributed by atoms with Crippen LogP contribution in [0.3, 0.4) is 0 Å². The molecule has 0 radical (unpaired) electrons. The minimum absolute atomic E-state index is 0.742. The Morgan fingerprint density at radius 2 is 0.690 bits per heavy atom. The van der Waals surface area contributed by atoms with Crippen molar-refractivity contribution in [3.63, 3.8) is 0 Å². The molecule has 0 spiro atoms. The lowest BCUT2D eigenvalue weighted by Gasteiger charge is -2.33. The molecule has 0 fully saturated rings. The predicted molar refractivity (Wildman–Crippen MR) is 461 cm³/mol. The smallest absolute Gasteiger partial charge is 0.171 e. The van der Waals surface area contributed by atoms with Gasteiger partial charge in [-0.1, -0.05) is 227 Å². The molecule has 568 valence electrons. The predicted octanol–water partition coefficient (Wildman–Crippen LogP) is 28.8. The van der Waals surface area contributed by atoms with Gasteiger partial charge in [-0.3, -0.25) is 0 Å². The Bertz CT molecular complexity index is 2490. The van der Waals surface area contributed by atoms with Gasteiger partial charge in [0.25, 0.3) is 0 Å². The molecule has 0 aliphatic heterocycles. The van der Waals surface area contributed by atoms with Gasteiger partial charge >= 0.3 is 24.7 Å². The van der Waals surface area contributed by atoms with Crippen LogP contribution in [0.1, 0.15) is 27.2 Å². The summed E-state index contributed by atoms with van der Waals surface area (Å²) in [7, 11) is -17.5. The second-order valence-electron chi connectivity index (χ2n) is 26.6. The van der Waals surface area contributed by atoms with Crippen LogP contribution < -0.4 is 0 Å². The van der Waals surface area contributed by atoms with E-state index in [0.717, 1.165) is 30.0 Å². The third-order valence-corrected chi connectivity index (χ3v) is 48.0. The first kappa shape index (κ1) is 116. The van der Waals surface area contributed by atoms with Crippen LogP contribution in [-0.4, -0.2) is 105 Å². The van der Waals surface area contributed by atoms with E-state index in [2.05, 4.69) is 235 Å². The van der Waals surface area contributed by atoms with Crippen LogP contribution in [-0.2, 0) is 0 Å². The largest absolute Gasteiger partial charge is 0.398 e. The minimum Gasteiger partial charge on any atom is -0.171 e. The van der Waals surface area contributed by atoms with Crippen molar-refractivity contribution < 1.29 is 52.7 Å². The van der Waals surface area contributed by atoms with Gasteiger partial charge in [-0.05, 0) is 36.3 Å². The van der Waals surface area contributed by atoms with Crippen molar-refractivity contribution in [2.45, 2.75) is 189 Å². The molecule has 0 N–H and O–H groups in total. The molecule has 0 heterocycles. The highest BCUT2D eigenvalue weighted by atomic mass is 28.3. The van der Waals surface area contributed by atoms with E-state index in [1.54, 1.807) is 13.1 Å². The first-order valence-electron chi connectivity index (χ1n) is 32.3. The zero-order valence-corrected chi connectivity index (χ0v) is 74.2. The quantitative estimate of drug-likeness (QED) is 0.0261. The van der Waals surface area contributed by atoms with E-state index >= 15 is 0 Å². The van der Waals surface area contributed by atoms with Crippen molar-refractivity contribution in [2.75, 3.05) is 0 Å². The van der Waals surface area contributed by atoms with Crippen molar-refractivity contribution >= 4 is 80.7 Å². The van der Waals surface area contributed by atoms with Crippen LogP contribution in [0.5, 0.6) is 0 Å². The first-order chi connectivity index (χ1) is 45.3. The molecule has 0 aromatic heterocycles. The molecule has 0 nitrogen and oxygen atoms in total. The number of halogens is 12. The van der Waals surface area contributed by atoms with Crippen molar-refractivity contribution in [3.8, 4) is 24.3 Å². The minimum atomic E-state index is -5.32. The molecule has 0 saturated heterocycles. The Labute approximate surface area is 615 Å².